The molecule has 4 aromatic rings. The highest BCUT2D eigenvalue weighted by atomic mass is 19.4. The summed E-state index contributed by atoms with van der Waals surface area (Å²) >= 11 is 0. The van der Waals surface area contributed by atoms with Gasteiger partial charge in [0.1, 0.15) is 22.9 Å². The minimum absolute atomic E-state index is 0.0958. The molecule has 7 nitrogen and oxygen atoms in total. The number of nitrogen functional groups attached to an aromatic ring is 1. The van der Waals surface area contributed by atoms with E-state index in [2.05, 4.69) is 14.7 Å². The van der Waals surface area contributed by atoms with E-state index in [0.29, 0.717) is 16.6 Å². The van der Waals surface area contributed by atoms with Gasteiger partial charge in [-0.15, -0.1) is 13.2 Å². The van der Waals surface area contributed by atoms with Crippen molar-refractivity contribution in [1.29, 1.82) is 0 Å². The Hall–Kier alpha value is -3.89. The van der Waals surface area contributed by atoms with Crippen molar-refractivity contribution >= 4 is 28.3 Å². The number of hydrogen-bond donors (Lipinski definition) is 1. The van der Waals surface area contributed by atoms with Crippen LogP contribution in [-0.4, -0.2) is 37.6 Å². The third-order valence-electron chi connectivity index (χ3n) is 5.88. The summed E-state index contributed by atoms with van der Waals surface area (Å²) in [4.78, 5) is 23.4. The molecule has 1 unspecified atom stereocenters. The number of ether oxygens (including phenoxy) is 1. The first-order valence-electron chi connectivity index (χ1n) is 10.5. The molecule has 0 aliphatic heterocycles. The van der Waals surface area contributed by atoms with Crippen molar-refractivity contribution < 1.29 is 27.1 Å². The van der Waals surface area contributed by atoms with Crippen LogP contribution in [0.2, 0.25) is 0 Å². The van der Waals surface area contributed by atoms with E-state index in [-0.39, 0.29) is 28.7 Å². The number of hydrogen-bond acceptors (Lipinski definition) is 5. The number of carbonyl (C=O) groups excluding carboxylic acids is 1. The zero-order valence-electron chi connectivity index (χ0n) is 17.9. The van der Waals surface area contributed by atoms with Crippen LogP contribution >= 0.6 is 0 Å². The number of nitrogens with zero attached hydrogens (tertiary/aromatic N) is 4. The predicted octanol–water partition coefficient (Wildman–Crippen LogP) is 4.87. The molecule has 0 radical (unpaired) electrons. The molecule has 176 valence electrons. The monoisotopic (exact) mass is 473 g/mol. The molecule has 2 aromatic carbocycles. The number of amides is 1. The molecule has 0 bridgehead atoms. The lowest BCUT2D eigenvalue weighted by atomic mass is 10.0. The molecule has 11 heteroatoms. The fourth-order valence-electron chi connectivity index (χ4n) is 4.12. The van der Waals surface area contributed by atoms with Crippen molar-refractivity contribution in [3.05, 3.63) is 65.9 Å². The van der Waals surface area contributed by atoms with Crippen molar-refractivity contribution in [2.75, 3.05) is 5.73 Å². The van der Waals surface area contributed by atoms with Crippen LogP contribution in [0.5, 0.6) is 5.75 Å². The van der Waals surface area contributed by atoms with E-state index >= 15 is 4.39 Å². The summed E-state index contributed by atoms with van der Waals surface area (Å²) in [7, 11) is 0. The maximum absolute atomic E-state index is 15.1. The van der Waals surface area contributed by atoms with Gasteiger partial charge in [0.05, 0.1) is 35.2 Å². The molecule has 0 saturated heterocycles. The smallest absolute Gasteiger partial charge is 0.406 e. The predicted molar refractivity (Wildman–Crippen MR) is 116 cm³/mol. The van der Waals surface area contributed by atoms with Gasteiger partial charge in [-0.3, -0.25) is 9.20 Å². The van der Waals surface area contributed by atoms with E-state index < -0.39 is 24.1 Å². The zero-order valence-corrected chi connectivity index (χ0v) is 17.9. The number of halogens is 4. The topological polar surface area (TPSA) is 85.8 Å². The minimum Gasteiger partial charge on any atom is -0.406 e. The number of anilines is 1. The first kappa shape index (κ1) is 21.9. The summed E-state index contributed by atoms with van der Waals surface area (Å²) in [6, 6.07) is 7.30. The van der Waals surface area contributed by atoms with Crippen LogP contribution in [0.3, 0.4) is 0 Å². The Kier molecular flexibility index (Phi) is 5.07. The van der Waals surface area contributed by atoms with Crippen molar-refractivity contribution in [2.45, 2.75) is 38.2 Å². The Morgan fingerprint density at radius 3 is 2.56 bits per heavy atom. The molecule has 0 spiro atoms. The summed E-state index contributed by atoms with van der Waals surface area (Å²) in [6.07, 6.45) is -0.253. The van der Waals surface area contributed by atoms with Gasteiger partial charge in [-0.2, -0.15) is 0 Å². The molecule has 34 heavy (non-hydrogen) atoms. The highest BCUT2D eigenvalue weighted by Crippen LogP contribution is 2.37. The van der Waals surface area contributed by atoms with Gasteiger partial charge in [0.25, 0.3) is 5.91 Å². The van der Waals surface area contributed by atoms with Crippen molar-refractivity contribution in [3.8, 4) is 5.75 Å². The normalized spacial score (nSPS) is 15.0. The quantitative estimate of drug-likeness (QED) is 0.418. The van der Waals surface area contributed by atoms with Crippen LogP contribution < -0.4 is 10.5 Å². The highest BCUT2D eigenvalue weighted by Gasteiger charge is 2.38. The number of benzene rings is 2. The van der Waals surface area contributed by atoms with E-state index in [4.69, 9.17) is 5.73 Å². The maximum atomic E-state index is 15.1. The lowest BCUT2D eigenvalue weighted by molar-refractivity contribution is -0.274. The molecular weight excluding hydrogens is 454 g/mol. The lowest BCUT2D eigenvalue weighted by Crippen LogP contribution is -2.36. The van der Waals surface area contributed by atoms with Gasteiger partial charge >= 0.3 is 6.36 Å². The average Bonchev–Trinajstić information content (AvgIpc) is 3.46. The first-order valence-corrected chi connectivity index (χ1v) is 10.5. The van der Waals surface area contributed by atoms with E-state index in [0.717, 1.165) is 18.9 Å². The van der Waals surface area contributed by atoms with Crippen LogP contribution in [0, 0.1) is 5.82 Å². The number of alkyl halides is 3. The molecule has 1 aliphatic rings. The summed E-state index contributed by atoms with van der Waals surface area (Å²) in [5.74, 6) is -1.43. The average molecular weight is 473 g/mol. The fraction of sp³-hybridized carbons (Fsp3) is 0.261. The summed E-state index contributed by atoms with van der Waals surface area (Å²) < 4.78 is 58.0. The van der Waals surface area contributed by atoms with Gasteiger partial charge in [-0.05, 0) is 43.5 Å². The van der Waals surface area contributed by atoms with Crippen LogP contribution in [0.25, 0.3) is 16.6 Å². The zero-order chi connectivity index (χ0) is 24.2. The van der Waals surface area contributed by atoms with Crippen molar-refractivity contribution in [1.82, 2.24) is 19.3 Å². The van der Waals surface area contributed by atoms with Crippen LogP contribution in [0.15, 0.2) is 48.9 Å². The molecule has 2 aromatic heterocycles. The third kappa shape index (κ3) is 3.97. The SMILES string of the molecule is CC(c1ccc(OC(F)(F)F)cc1)N(C(=O)c1cc2c(cc1F)nc(N)c1cncn12)C1CC1. The second kappa shape index (κ2) is 7.86. The van der Waals surface area contributed by atoms with E-state index in [1.807, 2.05) is 0 Å². The molecule has 5 rings (SSSR count). The second-order valence-corrected chi connectivity index (χ2v) is 8.20. The van der Waals surface area contributed by atoms with E-state index in [1.54, 1.807) is 16.2 Å². The fourth-order valence-corrected chi connectivity index (χ4v) is 4.12. The number of rotatable bonds is 5. The number of fused-ring (bicyclic) bond motifs is 3. The Balaban J connectivity index is 1.50. The summed E-state index contributed by atoms with van der Waals surface area (Å²) in [5.41, 5.74) is 7.67. The Morgan fingerprint density at radius 2 is 1.91 bits per heavy atom. The van der Waals surface area contributed by atoms with Gasteiger partial charge < -0.3 is 15.4 Å². The molecule has 1 saturated carbocycles. The molecular formula is C23H19F4N5O2. The van der Waals surface area contributed by atoms with Gasteiger partial charge in [0, 0.05) is 12.1 Å². The Labute approximate surface area is 190 Å². The van der Waals surface area contributed by atoms with Crippen LogP contribution in [-0.2, 0) is 0 Å². The Bertz CT molecular complexity index is 1400. The summed E-state index contributed by atoms with van der Waals surface area (Å²) in [5, 5.41) is 0. The van der Waals surface area contributed by atoms with Gasteiger partial charge in [-0.25, -0.2) is 14.4 Å². The number of carbonyl (C=O) groups is 1. The van der Waals surface area contributed by atoms with Crippen molar-refractivity contribution in [2.24, 2.45) is 0 Å². The minimum atomic E-state index is -4.79. The standard InChI is InChI=1S/C23H19F4N5O2/c1-12(13-2-6-15(7-3-13)34-23(25,26)27)32(14-4-5-14)22(33)16-8-19-18(9-17(16)24)30-21(28)20-10-29-11-31(19)20/h2-3,6-12,14H,4-5H2,1H3,(H2,28,30). The number of aromatic nitrogens is 3. The molecule has 1 atom stereocenters. The number of nitrogens with two attached hydrogens (primary N) is 1. The van der Waals surface area contributed by atoms with E-state index in [1.165, 1.54) is 42.9 Å². The Morgan fingerprint density at radius 1 is 1.21 bits per heavy atom. The van der Waals surface area contributed by atoms with Crippen LogP contribution in [0.1, 0.15) is 41.7 Å². The second-order valence-electron chi connectivity index (χ2n) is 8.20. The maximum Gasteiger partial charge on any atom is 0.573 e. The lowest BCUT2D eigenvalue weighted by Gasteiger charge is -2.30. The van der Waals surface area contributed by atoms with E-state index in [9.17, 15) is 18.0 Å². The van der Waals surface area contributed by atoms with Gasteiger partial charge in [0.15, 0.2) is 0 Å². The van der Waals surface area contributed by atoms with Crippen molar-refractivity contribution in [3.63, 3.8) is 0 Å². The largest absolute Gasteiger partial charge is 0.573 e. The molecule has 2 heterocycles. The molecule has 1 amide bonds. The van der Waals surface area contributed by atoms with Gasteiger partial charge in [-0.1, -0.05) is 12.1 Å². The number of imidazole rings is 1. The van der Waals surface area contributed by atoms with Gasteiger partial charge in [0.2, 0.25) is 0 Å². The first-order chi connectivity index (χ1) is 16.1. The van der Waals surface area contributed by atoms with Crippen LogP contribution in [0.4, 0.5) is 23.4 Å². The molecule has 1 aliphatic carbocycles. The summed E-state index contributed by atoms with van der Waals surface area (Å²) in [6.45, 7) is 1.76. The molecule has 1 fully saturated rings. The third-order valence-corrected chi connectivity index (χ3v) is 5.88. The molecule has 2 N–H and O–H groups in total. The highest BCUT2D eigenvalue weighted by molar-refractivity contribution is 5.99.